The van der Waals surface area contributed by atoms with E-state index in [1.54, 1.807) is 17.1 Å². The van der Waals surface area contributed by atoms with Crippen molar-refractivity contribution in [3.63, 3.8) is 0 Å². The molecular formula is C17H18N6. The van der Waals surface area contributed by atoms with Crippen LogP contribution in [0.5, 0.6) is 0 Å². The molecule has 1 N–H and O–H groups in total. The number of aromatic nitrogens is 4. The normalized spacial score (nSPS) is 13.7. The van der Waals surface area contributed by atoms with E-state index in [9.17, 15) is 0 Å². The van der Waals surface area contributed by atoms with Gasteiger partial charge in [0.25, 0.3) is 0 Å². The fraction of sp³-hybridized carbons (Fsp3) is 0.235. The van der Waals surface area contributed by atoms with Gasteiger partial charge < -0.3 is 10.2 Å². The molecule has 0 atom stereocenters. The Bertz CT molecular complexity index is 825. The van der Waals surface area contributed by atoms with Crippen molar-refractivity contribution in [1.82, 2.24) is 19.7 Å². The number of fused-ring (bicyclic) bond motifs is 1. The SMILES string of the molecule is Cn1nccc1Nc1nccc(N2CCc3ccccc3C2)n1. The Morgan fingerprint density at radius 1 is 1.04 bits per heavy atom. The average molecular weight is 306 g/mol. The van der Waals surface area contributed by atoms with Gasteiger partial charge in [-0.15, -0.1) is 0 Å². The number of nitrogens with one attached hydrogen (secondary N) is 1. The van der Waals surface area contributed by atoms with E-state index in [1.165, 1.54) is 11.1 Å². The highest BCUT2D eigenvalue weighted by Gasteiger charge is 2.17. The molecule has 6 heteroatoms. The lowest BCUT2D eigenvalue weighted by atomic mass is 10.00. The Hall–Kier alpha value is -2.89. The molecule has 6 nitrogen and oxygen atoms in total. The third kappa shape index (κ3) is 2.75. The number of aryl methyl sites for hydroxylation is 1. The lowest BCUT2D eigenvalue weighted by Crippen LogP contribution is -2.31. The molecule has 3 aromatic rings. The van der Waals surface area contributed by atoms with Crippen molar-refractivity contribution >= 4 is 17.6 Å². The van der Waals surface area contributed by atoms with Crippen LogP contribution in [0.15, 0.2) is 48.8 Å². The van der Waals surface area contributed by atoms with Crippen LogP contribution < -0.4 is 10.2 Å². The summed E-state index contributed by atoms with van der Waals surface area (Å²) in [5.74, 6) is 2.40. The first kappa shape index (κ1) is 13.8. The second-order valence-electron chi connectivity index (χ2n) is 5.64. The summed E-state index contributed by atoms with van der Waals surface area (Å²) in [4.78, 5) is 11.2. The van der Waals surface area contributed by atoms with Crippen molar-refractivity contribution in [3.8, 4) is 0 Å². The summed E-state index contributed by atoms with van der Waals surface area (Å²) in [6.07, 6.45) is 4.58. The van der Waals surface area contributed by atoms with Crippen molar-refractivity contribution in [2.75, 3.05) is 16.8 Å². The van der Waals surface area contributed by atoms with Gasteiger partial charge in [0.05, 0.1) is 6.20 Å². The lowest BCUT2D eigenvalue weighted by molar-refractivity contribution is 0.719. The lowest BCUT2D eigenvalue weighted by Gasteiger charge is -2.29. The molecule has 4 rings (SSSR count). The van der Waals surface area contributed by atoms with Crippen LogP contribution in [0, 0.1) is 0 Å². The molecule has 1 aromatic carbocycles. The number of hydrogen-bond donors (Lipinski definition) is 1. The largest absolute Gasteiger partial charge is 0.352 e. The zero-order valence-electron chi connectivity index (χ0n) is 13.0. The van der Waals surface area contributed by atoms with Crippen LogP contribution in [0.2, 0.25) is 0 Å². The second-order valence-corrected chi connectivity index (χ2v) is 5.64. The zero-order chi connectivity index (χ0) is 15.6. The van der Waals surface area contributed by atoms with Crippen molar-refractivity contribution in [3.05, 3.63) is 59.9 Å². The summed E-state index contributed by atoms with van der Waals surface area (Å²) < 4.78 is 1.76. The Morgan fingerprint density at radius 3 is 2.74 bits per heavy atom. The highest BCUT2D eigenvalue weighted by molar-refractivity contribution is 5.52. The summed E-state index contributed by atoms with van der Waals surface area (Å²) in [6, 6.07) is 12.5. The van der Waals surface area contributed by atoms with E-state index in [0.29, 0.717) is 5.95 Å². The minimum absolute atomic E-state index is 0.588. The van der Waals surface area contributed by atoms with Crippen molar-refractivity contribution in [2.45, 2.75) is 13.0 Å². The van der Waals surface area contributed by atoms with Gasteiger partial charge in [-0.05, 0) is 23.6 Å². The molecule has 2 aromatic heterocycles. The number of benzene rings is 1. The molecule has 0 amide bonds. The average Bonchev–Trinajstić information content (AvgIpc) is 2.99. The van der Waals surface area contributed by atoms with Crippen LogP contribution in [0.3, 0.4) is 0 Å². The first-order valence-corrected chi connectivity index (χ1v) is 7.69. The summed E-state index contributed by atoms with van der Waals surface area (Å²) in [5, 5.41) is 7.34. The highest BCUT2D eigenvalue weighted by atomic mass is 15.3. The maximum Gasteiger partial charge on any atom is 0.230 e. The summed E-state index contributed by atoms with van der Waals surface area (Å²) in [7, 11) is 1.88. The van der Waals surface area contributed by atoms with Gasteiger partial charge in [0.15, 0.2) is 0 Å². The smallest absolute Gasteiger partial charge is 0.230 e. The van der Waals surface area contributed by atoms with E-state index in [2.05, 4.69) is 49.5 Å². The first-order chi connectivity index (χ1) is 11.3. The Balaban J connectivity index is 1.56. The van der Waals surface area contributed by atoms with Crippen LogP contribution >= 0.6 is 0 Å². The third-order valence-corrected chi connectivity index (χ3v) is 4.16. The quantitative estimate of drug-likeness (QED) is 0.806. The molecule has 1 aliphatic heterocycles. The fourth-order valence-electron chi connectivity index (χ4n) is 2.89. The standard InChI is InChI=1S/C17H18N6/c1-22-15(7-10-19-22)20-17-18-9-6-16(21-17)23-11-8-13-4-2-3-5-14(13)12-23/h2-7,9-10H,8,11-12H2,1H3,(H,18,20,21). The van der Waals surface area contributed by atoms with Crippen LogP contribution in [0.1, 0.15) is 11.1 Å². The number of rotatable bonds is 3. The third-order valence-electron chi connectivity index (χ3n) is 4.16. The fourth-order valence-corrected chi connectivity index (χ4v) is 2.89. The van der Waals surface area contributed by atoms with E-state index in [-0.39, 0.29) is 0 Å². The van der Waals surface area contributed by atoms with Gasteiger partial charge in [0, 0.05) is 32.4 Å². The zero-order valence-corrected chi connectivity index (χ0v) is 13.0. The predicted octanol–water partition coefficient (Wildman–Crippen LogP) is 2.52. The van der Waals surface area contributed by atoms with Gasteiger partial charge in [0.1, 0.15) is 11.6 Å². The van der Waals surface area contributed by atoms with Gasteiger partial charge in [-0.1, -0.05) is 24.3 Å². The van der Waals surface area contributed by atoms with E-state index in [0.717, 1.165) is 31.1 Å². The minimum Gasteiger partial charge on any atom is -0.352 e. The van der Waals surface area contributed by atoms with Gasteiger partial charge in [-0.25, -0.2) is 4.98 Å². The number of nitrogens with zero attached hydrogens (tertiary/aromatic N) is 5. The van der Waals surface area contributed by atoms with Gasteiger partial charge in [-0.2, -0.15) is 10.1 Å². The molecular weight excluding hydrogens is 288 g/mol. The van der Waals surface area contributed by atoms with Crippen molar-refractivity contribution < 1.29 is 0 Å². The van der Waals surface area contributed by atoms with Crippen LogP contribution in [-0.2, 0) is 20.0 Å². The molecule has 0 radical (unpaired) electrons. The predicted molar refractivity (Wildman–Crippen MR) is 89.7 cm³/mol. The molecule has 0 aliphatic carbocycles. The Kier molecular flexibility index (Phi) is 3.42. The van der Waals surface area contributed by atoms with Crippen LogP contribution in [0.25, 0.3) is 0 Å². The van der Waals surface area contributed by atoms with Crippen LogP contribution in [-0.4, -0.2) is 26.3 Å². The number of anilines is 3. The second kappa shape index (κ2) is 5.72. The maximum atomic E-state index is 4.65. The molecule has 3 heterocycles. The molecule has 0 fully saturated rings. The molecule has 116 valence electrons. The summed E-state index contributed by atoms with van der Waals surface area (Å²) in [6.45, 7) is 1.86. The molecule has 0 saturated heterocycles. The van der Waals surface area contributed by atoms with E-state index >= 15 is 0 Å². The molecule has 0 saturated carbocycles. The summed E-state index contributed by atoms with van der Waals surface area (Å²) in [5.41, 5.74) is 2.81. The van der Waals surface area contributed by atoms with E-state index < -0.39 is 0 Å². The van der Waals surface area contributed by atoms with Gasteiger partial charge in [-0.3, -0.25) is 4.68 Å². The van der Waals surface area contributed by atoms with E-state index in [4.69, 9.17) is 0 Å². The maximum absolute atomic E-state index is 4.65. The topological polar surface area (TPSA) is 58.9 Å². The molecule has 0 spiro atoms. The van der Waals surface area contributed by atoms with Gasteiger partial charge in [0.2, 0.25) is 5.95 Å². The molecule has 23 heavy (non-hydrogen) atoms. The minimum atomic E-state index is 0.588. The highest BCUT2D eigenvalue weighted by Crippen LogP contribution is 2.23. The van der Waals surface area contributed by atoms with Crippen LogP contribution in [0.4, 0.5) is 17.6 Å². The number of hydrogen-bond acceptors (Lipinski definition) is 5. The van der Waals surface area contributed by atoms with E-state index in [1.807, 2.05) is 19.2 Å². The molecule has 0 bridgehead atoms. The van der Waals surface area contributed by atoms with Crippen molar-refractivity contribution in [2.24, 2.45) is 7.05 Å². The molecule has 0 unspecified atom stereocenters. The Morgan fingerprint density at radius 2 is 1.91 bits per heavy atom. The summed E-state index contributed by atoms with van der Waals surface area (Å²) >= 11 is 0. The molecule has 1 aliphatic rings. The van der Waals surface area contributed by atoms with Crippen molar-refractivity contribution in [1.29, 1.82) is 0 Å². The Labute approximate surface area is 134 Å². The monoisotopic (exact) mass is 306 g/mol. The first-order valence-electron chi connectivity index (χ1n) is 7.69. The van der Waals surface area contributed by atoms with Gasteiger partial charge >= 0.3 is 0 Å².